The maximum absolute atomic E-state index is 13.0. The van der Waals surface area contributed by atoms with E-state index < -0.39 is 10.0 Å². The molecule has 32 heavy (non-hydrogen) atoms. The molecule has 2 aromatic carbocycles. The number of anilines is 1. The Kier molecular flexibility index (Phi) is 7.34. The number of nitrogens with one attached hydrogen (secondary N) is 1. The molecule has 1 saturated heterocycles. The number of fused-ring (bicyclic) bond motifs is 1. The molecule has 0 radical (unpaired) electrons. The lowest BCUT2D eigenvalue weighted by molar-refractivity contribution is -0.116. The van der Waals surface area contributed by atoms with Gasteiger partial charge in [0.25, 0.3) is 0 Å². The van der Waals surface area contributed by atoms with Gasteiger partial charge in [0.05, 0.1) is 4.90 Å². The van der Waals surface area contributed by atoms with Crippen molar-refractivity contribution in [3.63, 3.8) is 0 Å². The highest BCUT2D eigenvalue weighted by molar-refractivity contribution is 9.10. The highest BCUT2D eigenvalue weighted by Crippen LogP contribution is 2.35. The van der Waals surface area contributed by atoms with Crippen LogP contribution in [0.15, 0.2) is 51.8 Å². The summed E-state index contributed by atoms with van der Waals surface area (Å²) in [6, 6.07) is 14.0. The van der Waals surface area contributed by atoms with E-state index in [1.165, 1.54) is 12.5 Å². The monoisotopic (exact) mass is 519 g/mol. The van der Waals surface area contributed by atoms with Crippen LogP contribution in [0.1, 0.15) is 30.9 Å². The fourth-order valence-corrected chi connectivity index (χ4v) is 6.83. The molecule has 0 aliphatic carbocycles. The third-order valence-electron chi connectivity index (χ3n) is 6.49. The van der Waals surface area contributed by atoms with E-state index in [-0.39, 0.29) is 10.8 Å². The van der Waals surface area contributed by atoms with Gasteiger partial charge in [-0.15, -0.1) is 0 Å². The SMILES string of the molecule is CC(=O)N1CCc2cc(Br)c(S(=O)(=O)NCCN3CCC(Cc4ccccc4)CC3)cc21. The molecule has 172 valence electrons. The van der Waals surface area contributed by atoms with E-state index in [1.54, 1.807) is 11.0 Å². The molecular weight excluding hydrogens is 490 g/mol. The van der Waals surface area contributed by atoms with Crippen molar-refractivity contribution in [2.24, 2.45) is 5.92 Å². The second-order valence-electron chi connectivity index (χ2n) is 8.70. The Bertz CT molecular complexity index is 1070. The Morgan fingerprint density at radius 2 is 1.84 bits per heavy atom. The zero-order valence-corrected chi connectivity index (χ0v) is 20.8. The van der Waals surface area contributed by atoms with E-state index in [1.807, 2.05) is 12.1 Å². The molecule has 1 amide bonds. The summed E-state index contributed by atoms with van der Waals surface area (Å²) >= 11 is 3.41. The number of nitrogens with zero attached hydrogens (tertiary/aromatic N) is 2. The fraction of sp³-hybridized carbons (Fsp3) is 0.458. The van der Waals surface area contributed by atoms with Crippen molar-refractivity contribution in [3.05, 3.63) is 58.1 Å². The topological polar surface area (TPSA) is 69.7 Å². The van der Waals surface area contributed by atoms with Crippen LogP contribution in [-0.2, 0) is 27.7 Å². The number of halogens is 1. The third-order valence-corrected chi connectivity index (χ3v) is 8.91. The quantitative estimate of drug-likeness (QED) is 0.606. The number of rotatable bonds is 7. The predicted octanol–water partition coefficient (Wildman–Crippen LogP) is 3.59. The van der Waals surface area contributed by atoms with Gasteiger partial charge in [0, 0.05) is 36.7 Å². The summed E-state index contributed by atoms with van der Waals surface area (Å²) in [5.74, 6) is 0.620. The van der Waals surface area contributed by atoms with E-state index in [2.05, 4.69) is 49.8 Å². The lowest BCUT2D eigenvalue weighted by Gasteiger charge is -2.32. The first-order valence-electron chi connectivity index (χ1n) is 11.2. The van der Waals surface area contributed by atoms with Gasteiger partial charge in [0.2, 0.25) is 15.9 Å². The maximum Gasteiger partial charge on any atom is 0.241 e. The molecule has 8 heteroatoms. The van der Waals surface area contributed by atoms with Crippen molar-refractivity contribution in [2.75, 3.05) is 37.6 Å². The standard InChI is InChI=1S/C24H30BrN3O3S/c1-18(29)28-13-9-21-16-22(25)24(17-23(21)28)32(30,31)26-10-14-27-11-7-20(8-12-27)15-19-5-3-2-4-6-19/h2-6,16-17,20,26H,7-15H2,1H3. The first-order chi connectivity index (χ1) is 15.3. The Hall–Kier alpha value is -1.74. The van der Waals surface area contributed by atoms with Crippen LogP contribution in [0.5, 0.6) is 0 Å². The highest BCUT2D eigenvalue weighted by Gasteiger charge is 2.27. The van der Waals surface area contributed by atoms with E-state index >= 15 is 0 Å². The van der Waals surface area contributed by atoms with Crippen molar-refractivity contribution in [2.45, 2.75) is 37.5 Å². The first-order valence-corrected chi connectivity index (χ1v) is 13.5. The van der Waals surface area contributed by atoms with Gasteiger partial charge in [-0.1, -0.05) is 30.3 Å². The van der Waals surface area contributed by atoms with Crippen molar-refractivity contribution >= 4 is 37.5 Å². The molecular formula is C24H30BrN3O3S. The molecule has 2 aromatic rings. The number of hydrogen-bond acceptors (Lipinski definition) is 4. The number of benzene rings is 2. The van der Waals surface area contributed by atoms with Gasteiger partial charge < -0.3 is 9.80 Å². The van der Waals surface area contributed by atoms with Crippen LogP contribution in [0.3, 0.4) is 0 Å². The Morgan fingerprint density at radius 1 is 1.12 bits per heavy atom. The minimum Gasteiger partial charge on any atom is -0.312 e. The van der Waals surface area contributed by atoms with Gasteiger partial charge >= 0.3 is 0 Å². The predicted molar refractivity (Wildman–Crippen MR) is 130 cm³/mol. The average molecular weight is 520 g/mol. The van der Waals surface area contributed by atoms with Crippen LogP contribution in [0.25, 0.3) is 0 Å². The molecule has 1 fully saturated rings. The second kappa shape index (κ2) is 10.0. The van der Waals surface area contributed by atoms with Crippen molar-refractivity contribution in [3.8, 4) is 0 Å². The molecule has 2 aliphatic heterocycles. The molecule has 0 bridgehead atoms. The van der Waals surface area contributed by atoms with Crippen LogP contribution < -0.4 is 9.62 Å². The molecule has 0 saturated carbocycles. The molecule has 0 atom stereocenters. The molecule has 2 heterocycles. The highest BCUT2D eigenvalue weighted by atomic mass is 79.9. The number of sulfonamides is 1. The summed E-state index contributed by atoms with van der Waals surface area (Å²) in [5.41, 5.74) is 3.08. The molecule has 1 N–H and O–H groups in total. The summed E-state index contributed by atoms with van der Waals surface area (Å²) in [5, 5.41) is 0. The van der Waals surface area contributed by atoms with Crippen LogP contribution >= 0.6 is 15.9 Å². The van der Waals surface area contributed by atoms with Crippen LogP contribution in [-0.4, -0.2) is 51.9 Å². The van der Waals surface area contributed by atoms with E-state index in [0.717, 1.165) is 44.3 Å². The first kappa shape index (κ1) is 23.4. The molecule has 6 nitrogen and oxygen atoms in total. The summed E-state index contributed by atoms with van der Waals surface area (Å²) in [6.45, 7) is 5.15. The van der Waals surface area contributed by atoms with Crippen LogP contribution in [0.2, 0.25) is 0 Å². The molecule has 0 unspecified atom stereocenters. The van der Waals surface area contributed by atoms with Crippen molar-refractivity contribution in [1.29, 1.82) is 0 Å². The summed E-state index contributed by atoms with van der Waals surface area (Å²) in [7, 11) is -3.68. The van der Waals surface area contributed by atoms with E-state index in [0.29, 0.717) is 35.7 Å². The van der Waals surface area contributed by atoms with Crippen molar-refractivity contribution in [1.82, 2.24) is 9.62 Å². The molecule has 4 rings (SSSR count). The molecule has 0 spiro atoms. The summed E-state index contributed by atoms with van der Waals surface area (Å²) in [4.78, 5) is 16.0. The second-order valence-corrected chi connectivity index (χ2v) is 11.3. The van der Waals surface area contributed by atoms with Gasteiger partial charge in [-0.3, -0.25) is 4.79 Å². The average Bonchev–Trinajstić information content (AvgIpc) is 3.18. The number of amides is 1. The zero-order chi connectivity index (χ0) is 22.7. The number of hydrogen-bond donors (Lipinski definition) is 1. The van der Waals surface area contributed by atoms with Gasteiger partial charge in [-0.05, 0) is 83.9 Å². The lowest BCUT2D eigenvalue weighted by atomic mass is 9.90. The normalized spacial score (nSPS) is 17.5. The third kappa shape index (κ3) is 5.42. The number of carbonyl (C=O) groups is 1. The Morgan fingerprint density at radius 3 is 2.53 bits per heavy atom. The van der Waals surface area contributed by atoms with Gasteiger partial charge in [0.1, 0.15) is 0 Å². The number of carbonyl (C=O) groups excluding carboxylic acids is 1. The molecule has 2 aliphatic rings. The fourth-order valence-electron chi connectivity index (χ4n) is 4.70. The minimum absolute atomic E-state index is 0.0713. The zero-order valence-electron chi connectivity index (χ0n) is 18.4. The van der Waals surface area contributed by atoms with Crippen molar-refractivity contribution < 1.29 is 13.2 Å². The van der Waals surface area contributed by atoms with Crippen LogP contribution in [0.4, 0.5) is 5.69 Å². The minimum atomic E-state index is -3.68. The maximum atomic E-state index is 13.0. The van der Waals surface area contributed by atoms with E-state index in [4.69, 9.17) is 0 Å². The summed E-state index contributed by atoms with van der Waals surface area (Å²) in [6.07, 6.45) is 4.13. The van der Waals surface area contributed by atoms with Gasteiger partial charge in [0.15, 0.2) is 0 Å². The largest absolute Gasteiger partial charge is 0.312 e. The smallest absolute Gasteiger partial charge is 0.241 e. The Labute approximate surface area is 199 Å². The van der Waals surface area contributed by atoms with Gasteiger partial charge in [-0.2, -0.15) is 0 Å². The van der Waals surface area contributed by atoms with Crippen LogP contribution in [0, 0.1) is 5.92 Å². The van der Waals surface area contributed by atoms with Gasteiger partial charge in [-0.25, -0.2) is 13.1 Å². The lowest BCUT2D eigenvalue weighted by Crippen LogP contribution is -2.40. The molecule has 0 aromatic heterocycles. The summed E-state index contributed by atoms with van der Waals surface area (Å²) < 4.78 is 29.2. The number of piperidine rings is 1. The van der Waals surface area contributed by atoms with E-state index in [9.17, 15) is 13.2 Å². The Balaban J connectivity index is 1.30. The number of likely N-dealkylation sites (tertiary alicyclic amines) is 1.